The van der Waals surface area contributed by atoms with E-state index in [0.29, 0.717) is 27.4 Å². The van der Waals surface area contributed by atoms with Crippen molar-refractivity contribution in [3.63, 3.8) is 0 Å². The molecule has 5 aromatic rings. The van der Waals surface area contributed by atoms with Crippen LogP contribution in [0.25, 0.3) is 27.5 Å². The third kappa shape index (κ3) is 4.39. The summed E-state index contributed by atoms with van der Waals surface area (Å²) in [5, 5.41) is 16.5. The van der Waals surface area contributed by atoms with Gasteiger partial charge in [-0.1, -0.05) is 29.5 Å². The molecular formula is C24H15F2N5OS. The minimum absolute atomic E-state index is 0.289. The van der Waals surface area contributed by atoms with Crippen LogP contribution in [0.3, 0.4) is 0 Å². The number of nitrogens with zero attached hydrogens (tertiary/aromatic N) is 4. The van der Waals surface area contributed by atoms with Gasteiger partial charge in [0.2, 0.25) is 5.13 Å². The normalized spacial score (nSPS) is 10.8. The summed E-state index contributed by atoms with van der Waals surface area (Å²) in [7, 11) is 0. The van der Waals surface area contributed by atoms with Crippen molar-refractivity contribution in [2.24, 2.45) is 0 Å². The van der Waals surface area contributed by atoms with E-state index in [0.717, 1.165) is 5.69 Å². The summed E-state index contributed by atoms with van der Waals surface area (Å²) in [5.74, 6) is -1.19. The molecular weight excluding hydrogens is 444 g/mol. The van der Waals surface area contributed by atoms with E-state index in [1.54, 1.807) is 16.8 Å². The second kappa shape index (κ2) is 8.71. The van der Waals surface area contributed by atoms with E-state index < -0.39 is 11.7 Å². The molecule has 2 aromatic heterocycles. The fourth-order valence-electron chi connectivity index (χ4n) is 3.22. The number of anilines is 1. The predicted octanol–water partition coefficient (Wildman–Crippen LogP) is 5.59. The van der Waals surface area contributed by atoms with Crippen molar-refractivity contribution in [3.8, 4) is 27.5 Å². The van der Waals surface area contributed by atoms with Crippen molar-refractivity contribution >= 4 is 22.4 Å². The van der Waals surface area contributed by atoms with Gasteiger partial charge in [-0.2, -0.15) is 5.10 Å². The molecule has 0 aliphatic heterocycles. The van der Waals surface area contributed by atoms with Gasteiger partial charge < -0.3 is 0 Å². The van der Waals surface area contributed by atoms with E-state index in [4.69, 9.17) is 5.10 Å². The van der Waals surface area contributed by atoms with Crippen LogP contribution in [-0.2, 0) is 0 Å². The Morgan fingerprint density at radius 1 is 0.848 bits per heavy atom. The minimum Gasteiger partial charge on any atom is -0.296 e. The fourth-order valence-corrected chi connectivity index (χ4v) is 3.97. The summed E-state index contributed by atoms with van der Waals surface area (Å²) in [6, 6.07) is 20.8. The molecule has 0 saturated heterocycles. The zero-order chi connectivity index (χ0) is 22.8. The Balaban J connectivity index is 1.50. The fraction of sp³-hybridized carbons (Fsp3) is 0. The lowest BCUT2D eigenvalue weighted by Gasteiger charge is -2.01. The van der Waals surface area contributed by atoms with Crippen LogP contribution in [0.5, 0.6) is 0 Å². The van der Waals surface area contributed by atoms with E-state index in [2.05, 4.69) is 15.5 Å². The number of hydrogen-bond acceptors (Lipinski definition) is 5. The number of nitrogens with one attached hydrogen (secondary N) is 1. The van der Waals surface area contributed by atoms with Crippen LogP contribution in [0.2, 0.25) is 0 Å². The number of carbonyl (C=O) groups excluding carboxylic acids is 1. The van der Waals surface area contributed by atoms with Crippen LogP contribution in [0, 0.1) is 11.6 Å². The van der Waals surface area contributed by atoms with Gasteiger partial charge in [0.25, 0.3) is 5.91 Å². The first-order valence-electron chi connectivity index (χ1n) is 9.89. The summed E-state index contributed by atoms with van der Waals surface area (Å²) < 4.78 is 28.3. The molecule has 0 unspecified atom stereocenters. The van der Waals surface area contributed by atoms with Crippen molar-refractivity contribution in [2.45, 2.75) is 0 Å². The second-order valence-electron chi connectivity index (χ2n) is 7.05. The average molecular weight is 459 g/mol. The summed E-state index contributed by atoms with van der Waals surface area (Å²) in [4.78, 5) is 12.4. The topological polar surface area (TPSA) is 72.7 Å². The van der Waals surface area contributed by atoms with Gasteiger partial charge in [-0.3, -0.25) is 10.1 Å². The quantitative estimate of drug-likeness (QED) is 0.372. The minimum atomic E-state index is -0.423. The van der Waals surface area contributed by atoms with Gasteiger partial charge in [-0.25, -0.2) is 13.5 Å². The molecule has 1 amide bonds. The average Bonchev–Trinajstić information content (AvgIpc) is 3.48. The SMILES string of the molecule is O=C(Nc1nnc(-c2cn(-c3ccccc3)nc2-c2ccc(F)cc2)s1)c1ccc(F)cc1. The molecule has 0 bridgehead atoms. The Morgan fingerprint density at radius 3 is 2.21 bits per heavy atom. The number of carbonyl (C=O) groups is 1. The first-order valence-corrected chi connectivity index (χ1v) is 10.7. The van der Waals surface area contributed by atoms with E-state index >= 15 is 0 Å². The Labute approximate surface area is 191 Å². The number of rotatable bonds is 5. The molecule has 1 N–H and O–H groups in total. The van der Waals surface area contributed by atoms with Crippen LogP contribution in [0.15, 0.2) is 85.1 Å². The molecule has 3 aromatic carbocycles. The molecule has 6 nitrogen and oxygen atoms in total. The van der Waals surface area contributed by atoms with Crippen LogP contribution < -0.4 is 5.32 Å². The molecule has 0 aliphatic rings. The van der Waals surface area contributed by atoms with Crippen molar-refractivity contribution in [1.29, 1.82) is 0 Å². The van der Waals surface area contributed by atoms with Gasteiger partial charge in [-0.15, -0.1) is 10.2 Å². The summed E-state index contributed by atoms with van der Waals surface area (Å²) in [6.45, 7) is 0. The van der Waals surface area contributed by atoms with Crippen molar-refractivity contribution < 1.29 is 13.6 Å². The maximum atomic E-state index is 13.5. The molecule has 0 aliphatic carbocycles. The molecule has 33 heavy (non-hydrogen) atoms. The lowest BCUT2D eigenvalue weighted by atomic mass is 10.1. The number of hydrogen-bond donors (Lipinski definition) is 1. The smallest absolute Gasteiger partial charge is 0.257 e. The monoisotopic (exact) mass is 459 g/mol. The van der Waals surface area contributed by atoms with Crippen molar-refractivity contribution in [2.75, 3.05) is 5.32 Å². The zero-order valence-corrected chi connectivity index (χ0v) is 17.8. The number of para-hydroxylation sites is 1. The van der Waals surface area contributed by atoms with E-state index in [9.17, 15) is 13.6 Å². The largest absolute Gasteiger partial charge is 0.296 e. The molecule has 0 fully saturated rings. The van der Waals surface area contributed by atoms with Gasteiger partial charge in [0.15, 0.2) is 5.01 Å². The highest BCUT2D eigenvalue weighted by atomic mass is 32.1. The Bertz CT molecular complexity index is 1410. The Morgan fingerprint density at radius 2 is 1.52 bits per heavy atom. The predicted molar refractivity (Wildman–Crippen MR) is 122 cm³/mol. The highest BCUT2D eigenvalue weighted by Gasteiger charge is 2.19. The third-order valence-corrected chi connectivity index (χ3v) is 5.71. The summed E-state index contributed by atoms with van der Waals surface area (Å²) >= 11 is 1.18. The standard InChI is InChI=1S/C24H15F2N5OS/c25-17-10-6-15(7-11-17)21-20(14-31(30-21)19-4-2-1-3-5-19)23-28-29-24(33-23)27-22(32)16-8-12-18(26)13-9-16/h1-14H,(H,27,29,32). The first kappa shape index (κ1) is 20.7. The number of halogens is 2. The van der Waals surface area contributed by atoms with Gasteiger partial charge in [0.1, 0.15) is 17.3 Å². The molecule has 0 saturated carbocycles. The van der Waals surface area contributed by atoms with E-state index in [-0.39, 0.29) is 10.9 Å². The second-order valence-corrected chi connectivity index (χ2v) is 8.03. The maximum Gasteiger partial charge on any atom is 0.257 e. The van der Waals surface area contributed by atoms with Gasteiger partial charge >= 0.3 is 0 Å². The van der Waals surface area contributed by atoms with E-state index in [1.807, 2.05) is 36.5 Å². The number of amides is 1. The Kier molecular flexibility index (Phi) is 5.45. The number of benzene rings is 3. The lowest BCUT2D eigenvalue weighted by molar-refractivity contribution is 0.102. The van der Waals surface area contributed by atoms with Crippen molar-refractivity contribution in [3.05, 3.63) is 102 Å². The lowest BCUT2D eigenvalue weighted by Crippen LogP contribution is -2.11. The Hall–Kier alpha value is -4.24. The van der Waals surface area contributed by atoms with Gasteiger partial charge in [0, 0.05) is 17.3 Å². The molecule has 162 valence electrons. The first-order chi connectivity index (χ1) is 16.1. The number of aromatic nitrogens is 4. The van der Waals surface area contributed by atoms with E-state index in [1.165, 1.54) is 47.7 Å². The third-order valence-electron chi connectivity index (χ3n) is 4.83. The van der Waals surface area contributed by atoms with Crippen LogP contribution in [0.4, 0.5) is 13.9 Å². The summed E-state index contributed by atoms with van der Waals surface area (Å²) in [6.07, 6.45) is 1.82. The van der Waals surface area contributed by atoms with Crippen LogP contribution >= 0.6 is 11.3 Å². The molecule has 0 radical (unpaired) electrons. The highest BCUT2D eigenvalue weighted by molar-refractivity contribution is 7.18. The zero-order valence-electron chi connectivity index (χ0n) is 16.9. The van der Waals surface area contributed by atoms with Crippen molar-refractivity contribution in [1.82, 2.24) is 20.0 Å². The molecule has 0 spiro atoms. The van der Waals surface area contributed by atoms with Gasteiger partial charge in [-0.05, 0) is 60.7 Å². The molecule has 9 heteroatoms. The van der Waals surface area contributed by atoms with Gasteiger partial charge in [0.05, 0.1) is 11.3 Å². The maximum absolute atomic E-state index is 13.5. The molecule has 5 rings (SSSR count). The highest BCUT2D eigenvalue weighted by Crippen LogP contribution is 2.35. The summed E-state index contributed by atoms with van der Waals surface area (Å²) in [5.41, 5.74) is 3.16. The molecule has 2 heterocycles. The van der Waals surface area contributed by atoms with Crippen LogP contribution in [0.1, 0.15) is 10.4 Å². The molecule has 0 atom stereocenters. The van der Waals surface area contributed by atoms with Crippen LogP contribution in [-0.4, -0.2) is 25.9 Å².